The van der Waals surface area contributed by atoms with Crippen molar-refractivity contribution in [2.45, 2.75) is 60.2 Å². The van der Waals surface area contributed by atoms with Crippen molar-refractivity contribution in [2.75, 3.05) is 13.6 Å². The number of nitrogens with one attached hydrogen (secondary N) is 1. The van der Waals surface area contributed by atoms with Crippen LogP contribution in [0.3, 0.4) is 0 Å². The monoisotopic (exact) mass is 266 g/mol. The van der Waals surface area contributed by atoms with E-state index in [1.54, 1.807) is 0 Å². The lowest BCUT2D eigenvalue weighted by Crippen LogP contribution is -2.21. The molecule has 3 heteroatoms. The van der Waals surface area contributed by atoms with Crippen molar-refractivity contribution in [1.29, 1.82) is 0 Å². The van der Waals surface area contributed by atoms with Crippen LogP contribution in [0.25, 0.3) is 0 Å². The van der Waals surface area contributed by atoms with Crippen molar-refractivity contribution in [2.24, 2.45) is 5.92 Å². The summed E-state index contributed by atoms with van der Waals surface area (Å²) in [6.45, 7) is 13.8. The Morgan fingerprint density at radius 3 is 2.53 bits per heavy atom. The predicted octanol–water partition coefficient (Wildman–Crippen LogP) is 3.56. The van der Waals surface area contributed by atoms with Gasteiger partial charge in [-0.2, -0.15) is 0 Å². The van der Waals surface area contributed by atoms with Crippen LogP contribution in [0.15, 0.2) is 10.5 Å². The summed E-state index contributed by atoms with van der Waals surface area (Å²) in [5.41, 5.74) is 1.31. The first kappa shape index (κ1) is 16.3. The molecule has 0 fully saturated rings. The number of aryl methyl sites for hydroxylation is 1. The average molecular weight is 266 g/mol. The third kappa shape index (κ3) is 6.26. The first-order valence-electron chi connectivity index (χ1n) is 7.38. The van der Waals surface area contributed by atoms with Crippen LogP contribution in [-0.2, 0) is 13.1 Å². The predicted molar refractivity (Wildman–Crippen MR) is 81.2 cm³/mol. The van der Waals surface area contributed by atoms with Crippen molar-refractivity contribution in [3.8, 4) is 0 Å². The number of furan rings is 1. The van der Waals surface area contributed by atoms with E-state index < -0.39 is 0 Å². The minimum absolute atomic E-state index is 0.488. The Kier molecular flexibility index (Phi) is 6.59. The molecular weight excluding hydrogens is 236 g/mol. The number of nitrogens with zero attached hydrogens (tertiary/aromatic N) is 1. The first-order valence-corrected chi connectivity index (χ1v) is 7.38. The zero-order valence-electron chi connectivity index (χ0n) is 13.4. The second kappa shape index (κ2) is 7.71. The van der Waals surface area contributed by atoms with Gasteiger partial charge in [0.2, 0.25) is 0 Å². The van der Waals surface area contributed by atoms with E-state index in [1.807, 2.05) is 0 Å². The minimum Gasteiger partial charge on any atom is -0.465 e. The standard InChI is InChI=1S/C16H30N2O/c1-12(2)7-8-18(6)11-15-9-16(19-14(15)5)10-17-13(3)4/h9,12-13,17H,7-8,10-11H2,1-6H3. The second-order valence-corrected chi connectivity index (χ2v) is 6.25. The Morgan fingerprint density at radius 2 is 1.95 bits per heavy atom. The zero-order valence-corrected chi connectivity index (χ0v) is 13.4. The van der Waals surface area contributed by atoms with Gasteiger partial charge in [-0.05, 0) is 38.9 Å². The van der Waals surface area contributed by atoms with E-state index >= 15 is 0 Å². The molecule has 0 aliphatic rings. The summed E-state index contributed by atoms with van der Waals surface area (Å²) in [4.78, 5) is 2.37. The first-order chi connectivity index (χ1) is 8.88. The van der Waals surface area contributed by atoms with Crippen molar-refractivity contribution >= 4 is 0 Å². The minimum atomic E-state index is 0.488. The van der Waals surface area contributed by atoms with Crippen molar-refractivity contribution in [1.82, 2.24) is 10.2 Å². The second-order valence-electron chi connectivity index (χ2n) is 6.25. The summed E-state index contributed by atoms with van der Waals surface area (Å²) in [6, 6.07) is 2.68. The Labute approximate surface area is 118 Å². The van der Waals surface area contributed by atoms with Crippen LogP contribution < -0.4 is 5.32 Å². The lowest BCUT2D eigenvalue weighted by Gasteiger charge is -2.17. The Morgan fingerprint density at radius 1 is 1.26 bits per heavy atom. The van der Waals surface area contributed by atoms with Crippen LogP contribution in [0.2, 0.25) is 0 Å². The van der Waals surface area contributed by atoms with Crippen LogP contribution in [0.1, 0.15) is 51.2 Å². The smallest absolute Gasteiger partial charge is 0.118 e. The summed E-state index contributed by atoms with van der Waals surface area (Å²) in [5, 5.41) is 3.39. The molecule has 0 atom stereocenters. The van der Waals surface area contributed by atoms with E-state index in [2.05, 4.69) is 57.9 Å². The Balaban J connectivity index is 2.49. The molecule has 0 unspecified atom stereocenters. The molecule has 110 valence electrons. The molecular formula is C16H30N2O. The lowest BCUT2D eigenvalue weighted by atomic mass is 10.1. The van der Waals surface area contributed by atoms with Gasteiger partial charge in [0, 0.05) is 18.2 Å². The van der Waals surface area contributed by atoms with Crippen molar-refractivity contribution in [3.63, 3.8) is 0 Å². The van der Waals surface area contributed by atoms with Gasteiger partial charge in [-0.15, -0.1) is 0 Å². The van der Waals surface area contributed by atoms with Crippen LogP contribution >= 0.6 is 0 Å². The maximum absolute atomic E-state index is 5.80. The van der Waals surface area contributed by atoms with Crippen LogP contribution in [-0.4, -0.2) is 24.5 Å². The van der Waals surface area contributed by atoms with Crippen molar-refractivity contribution in [3.05, 3.63) is 23.2 Å². The van der Waals surface area contributed by atoms with Crippen LogP contribution in [0.4, 0.5) is 0 Å². The molecule has 1 aromatic rings. The van der Waals surface area contributed by atoms with Crippen molar-refractivity contribution < 1.29 is 4.42 Å². The quantitative estimate of drug-likeness (QED) is 0.780. The molecule has 1 N–H and O–H groups in total. The summed E-state index contributed by atoms with van der Waals surface area (Å²) >= 11 is 0. The van der Waals surface area contributed by atoms with Gasteiger partial charge in [0.15, 0.2) is 0 Å². The van der Waals surface area contributed by atoms with Crippen LogP contribution in [0, 0.1) is 12.8 Å². The largest absolute Gasteiger partial charge is 0.465 e. The van der Waals surface area contributed by atoms with E-state index in [0.717, 1.165) is 37.1 Å². The van der Waals surface area contributed by atoms with Gasteiger partial charge in [-0.25, -0.2) is 0 Å². The highest BCUT2D eigenvalue weighted by atomic mass is 16.3. The fourth-order valence-electron chi connectivity index (χ4n) is 1.98. The van der Waals surface area contributed by atoms with E-state index in [1.165, 1.54) is 12.0 Å². The Bertz CT molecular complexity index is 369. The summed E-state index contributed by atoms with van der Waals surface area (Å²) in [5.74, 6) is 2.86. The van der Waals surface area contributed by atoms with Gasteiger partial charge < -0.3 is 14.6 Å². The SMILES string of the molecule is Cc1oc(CNC(C)C)cc1CN(C)CCC(C)C. The molecule has 0 aliphatic heterocycles. The van der Waals surface area contributed by atoms with Gasteiger partial charge in [0.1, 0.15) is 11.5 Å². The van der Waals surface area contributed by atoms with Gasteiger partial charge >= 0.3 is 0 Å². The fourth-order valence-corrected chi connectivity index (χ4v) is 1.98. The highest BCUT2D eigenvalue weighted by Gasteiger charge is 2.10. The van der Waals surface area contributed by atoms with Gasteiger partial charge in [-0.1, -0.05) is 27.7 Å². The normalized spacial score (nSPS) is 12.1. The number of hydrogen-bond acceptors (Lipinski definition) is 3. The molecule has 0 aromatic carbocycles. The number of hydrogen-bond donors (Lipinski definition) is 1. The molecule has 1 heterocycles. The molecule has 0 saturated carbocycles. The lowest BCUT2D eigenvalue weighted by molar-refractivity contribution is 0.301. The topological polar surface area (TPSA) is 28.4 Å². The molecule has 19 heavy (non-hydrogen) atoms. The maximum atomic E-state index is 5.80. The van der Waals surface area contributed by atoms with Gasteiger partial charge in [0.05, 0.1) is 6.54 Å². The zero-order chi connectivity index (χ0) is 14.4. The maximum Gasteiger partial charge on any atom is 0.118 e. The van der Waals surface area contributed by atoms with E-state index in [4.69, 9.17) is 4.42 Å². The summed E-state index contributed by atoms with van der Waals surface area (Å²) in [7, 11) is 2.18. The third-order valence-corrected chi connectivity index (χ3v) is 3.28. The molecule has 0 spiro atoms. The third-order valence-electron chi connectivity index (χ3n) is 3.28. The molecule has 0 bridgehead atoms. The molecule has 0 saturated heterocycles. The molecule has 1 rings (SSSR count). The van der Waals surface area contributed by atoms with Crippen LogP contribution in [0.5, 0.6) is 0 Å². The molecule has 1 aromatic heterocycles. The highest BCUT2D eigenvalue weighted by molar-refractivity contribution is 5.20. The van der Waals surface area contributed by atoms with E-state index in [-0.39, 0.29) is 0 Å². The fraction of sp³-hybridized carbons (Fsp3) is 0.750. The molecule has 0 aliphatic carbocycles. The summed E-state index contributed by atoms with van der Waals surface area (Å²) < 4.78 is 5.80. The Hall–Kier alpha value is -0.800. The number of rotatable bonds is 8. The van der Waals surface area contributed by atoms with Gasteiger partial charge in [0.25, 0.3) is 0 Å². The molecule has 0 radical (unpaired) electrons. The van der Waals surface area contributed by atoms with Gasteiger partial charge in [-0.3, -0.25) is 0 Å². The highest BCUT2D eigenvalue weighted by Crippen LogP contribution is 2.17. The summed E-state index contributed by atoms with van der Waals surface area (Å²) in [6.07, 6.45) is 1.25. The average Bonchev–Trinajstić information content (AvgIpc) is 2.65. The molecule has 3 nitrogen and oxygen atoms in total. The molecule has 0 amide bonds. The van der Waals surface area contributed by atoms with E-state index in [0.29, 0.717) is 6.04 Å². The van der Waals surface area contributed by atoms with E-state index in [9.17, 15) is 0 Å².